The summed E-state index contributed by atoms with van der Waals surface area (Å²) in [5.74, 6) is 5.65. The first-order valence-electron chi connectivity index (χ1n) is 7.21. The van der Waals surface area contributed by atoms with Crippen molar-refractivity contribution in [2.24, 2.45) is 0 Å². The smallest absolute Gasteiger partial charge is 0.104 e. The molecule has 0 heterocycles. The lowest BCUT2D eigenvalue weighted by Gasteiger charge is -2.21. The summed E-state index contributed by atoms with van der Waals surface area (Å²) in [6.45, 7) is 6.36. The van der Waals surface area contributed by atoms with Gasteiger partial charge < -0.3 is 10.0 Å². The molecular weight excluding hydrogens is 248 g/mol. The van der Waals surface area contributed by atoms with Crippen LogP contribution in [-0.2, 0) is 6.54 Å². The van der Waals surface area contributed by atoms with Crippen molar-refractivity contribution in [3.63, 3.8) is 0 Å². The lowest BCUT2D eigenvalue weighted by Crippen LogP contribution is -2.26. The third-order valence-corrected chi connectivity index (χ3v) is 3.17. The van der Waals surface area contributed by atoms with E-state index < -0.39 is 0 Å². The lowest BCUT2D eigenvalue weighted by molar-refractivity contribution is 0.259. The molecule has 3 nitrogen and oxygen atoms in total. The maximum absolute atomic E-state index is 8.74. The van der Waals surface area contributed by atoms with Gasteiger partial charge in [-0.15, -0.1) is 0 Å². The van der Waals surface area contributed by atoms with Gasteiger partial charge in [-0.2, -0.15) is 0 Å². The molecule has 3 heteroatoms. The summed E-state index contributed by atoms with van der Waals surface area (Å²) in [6, 6.07) is 8.26. The van der Waals surface area contributed by atoms with Crippen LogP contribution in [0, 0.1) is 11.8 Å². The van der Waals surface area contributed by atoms with Gasteiger partial charge in [0.15, 0.2) is 0 Å². The minimum atomic E-state index is -0.0875. The Morgan fingerprint density at radius 3 is 2.65 bits per heavy atom. The molecule has 1 N–H and O–H groups in total. The fourth-order valence-electron chi connectivity index (χ4n) is 2.11. The van der Waals surface area contributed by atoms with Crippen molar-refractivity contribution < 1.29 is 5.11 Å². The van der Waals surface area contributed by atoms with Gasteiger partial charge in [0.2, 0.25) is 0 Å². The molecule has 20 heavy (non-hydrogen) atoms. The van der Waals surface area contributed by atoms with E-state index in [0.717, 1.165) is 31.7 Å². The van der Waals surface area contributed by atoms with Crippen LogP contribution in [0.3, 0.4) is 0 Å². The van der Waals surface area contributed by atoms with Crippen LogP contribution < -0.4 is 0 Å². The van der Waals surface area contributed by atoms with E-state index in [2.05, 4.69) is 54.8 Å². The van der Waals surface area contributed by atoms with Crippen LogP contribution in [0.25, 0.3) is 0 Å². The van der Waals surface area contributed by atoms with Gasteiger partial charge in [0.25, 0.3) is 0 Å². The fourth-order valence-corrected chi connectivity index (χ4v) is 2.11. The van der Waals surface area contributed by atoms with Crippen LogP contribution in [0.2, 0.25) is 0 Å². The average molecular weight is 274 g/mol. The summed E-state index contributed by atoms with van der Waals surface area (Å²) in [5.41, 5.74) is 2.25. The molecule has 0 aliphatic heterocycles. The van der Waals surface area contributed by atoms with Crippen molar-refractivity contribution in [1.29, 1.82) is 0 Å². The molecule has 0 aliphatic carbocycles. The van der Waals surface area contributed by atoms with E-state index in [0.29, 0.717) is 0 Å². The number of aliphatic hydroxyl groups excluding tert-OH is 1. The molecule has 0 radical (unpaired) electrons. The molecule has 0 unspecified atom stereocenters. The molecular formula is C17H26N2O. The Morgan fingerprint density at radius 1 is 1.20 bits per heavy atom. The van der Waals surface area contributed by atoms with Crippen molar-refractivity contribution in [3.8, 4) is 11.8 Å². The molecule has 0 aliphatic rings. The second kappa shape index (κ2) is 9.55. The first-order valence-corrected chi connectivity index (χ1v) is 7.21. The molecule has 0 spiro atoms. The van der Waals surface area contributed by atoms with E-state index in [1.807, 2.05) is 12.1 Å². The highest BCUT2D eigenvalue weighted by atomic mass is 16.2. The Kier molecular flexibility index (Phi) is 7.98. The summed E-state index contributed by atoms with van der Waals surface area (Å²) in [5, 5.41) is 8.74. The van der Waals surface area contributed by atoms with Crippen molar-refractivity contribution in [3.05, 3.63) is 35.4 Å². The molecule has 0 saturated carbocycles. The summed E-state index contributed by atoms with van der Waals surface area (Å²) in [7, 11) is 4.22. The molecule has 0 bridgehead atoms. The molecule has 0 aromatic heterocycles. The minimum Gasteiger partial charge on any atom is -0.384 e. The first-order chi connectivity index (χ1) is 9.65. The fraction of sp³-hybridized carbons (Fsp3) is 0.529. The SMILES string of the molecule is CCN(CCCN(C)C)Cc1cccc(C#CCO)c1. The Morgan fingerprint density at radius 2 is 2.00 bits per heavy atom. The Balaban J connectivity index is 2.56. The summed E-state index contributed by atoms with van der Waals surface area (Å²) >= 11 is 0. The number of benzene rings is 1. The molecule has 110 valence electrons. The average Bonchev–Trinajstić information content (AvgIpc) is 2.44. The maximum atomic E-state index is 8.74. The number of rotatable bonds is 7. The normalized spacial score (nSPS) is 10.7. The van der Waals surface area contributed by atoms with Crippen LogP contribution in [0.5, 0.6) is 0 Å². The zero-order valence-corrected chi connectivity index (χ0v) is 12.9. The topological polar surface area (TPSA) is 26.7 Å². The van der Waals surface area contributed by atoms with E-state index >= 15 is 0 Å². The Bertz CT molecular complexity index is 446. The van der Waals surface area contributed by atoms with Crippen molar-refractivity contribution in [2.45, 2.75) is 19.9 Å². The number of hydrogen-bond donors (Lipinski definition) is 1. The van der Waals surface area contributed by atoms with E-state index in [1.54, 1.807) is 0 Å². The number of aliphatic hydroxyl groups is 1. The van der Waals surface area contributed by atoms with Crippen LogP contribution in [0.15, 0.2) is 24.3 Å². The molecule has 0 saturated heterocycles. The minimum absolute atomic E-state index is 0.0875. The zero-order valence-electron chi connectivity index (χ0n) is 12.9. The number of hydrogen-bond acceptors (Lipinski definition) is 3. The standard InChI is InChI=1S/C17H26N2O/c1-4-19(12-7-11-18(2)3)15-17-9-5-8-16(14-17)10-6-13-20/h5,8-9,14,20H,4,7,11-13,15H2,1-3H3. The van der Waals surface area contributed by atoms with Crippen LogP contribution in [0.4, 0.5) is 0 Å². The maximum Gasteiger partial charge on any atom is 0.104 e. The molecule has 0 amide bonds. The summed E-state index contributed by atoms with van der Waals surface area (Å²) < 4.78 is 0. The predicted molar refractivity (Wildman–Crippen MR) is 84.5 cm³/mol. The monoisotopic (exact) mass is 274 g/mol. The van der Waals surface area contributed by atoms with Crippen LogP contribution >= 0.6 is 0 Å². The quantitative estimate of drug-likeness (QED) is 0.768. The van der Waals surface area contributed by atoms with Gasteiger partial charge in [0.05, 0.1) is 0 Å². The summed E-state index contributed by atoms with van der Waals surface area (Å²) in [6.07, 6.45) is 1.19. The second-order valence-corrected chi connectivity index (χ2v) is 5.19. The van der Waals surface area contributed by atoms with Crippen molar-refractivity contribution in [1.82, 2.24) is 9.80 Å². The lowest BCUT2D eigenvalue weighted by atomic mass is 10.1. The third-order valence-electron chi connectivity index (χ3n) is 3.17. The van der Waals surface area contributed by atoms with Gasteiger partial charge in [0, 0.05) is 12.1 Å². The van der Waals surface area contributed by atoms with Gasteiger partial charge in [-0.05, 0) is 57.8 Å². The number of nitrogens with zero attached hydrogens (tertiary/aromatic N) is 2. The molecule has 1 aromatic rings. The van der Waals surface area contributed by atoms with Crippen molar-refractivity contribution >= 4 is 0 Å². The van der Waals surface area contributed by atoms with Gasteiger partial charge in [-0.1, -0.05) is 30.9 Å². The molecule has 1 rings (SSSR count). The predicted octanol–water partition coefficient (Wildman–Crippen LogP) is 1.80. The van der Waals surface area contributed by atoms with Gasteiger partial charge >= 0.3 is 0 Å². The first kappa shape index (κ1) is 16.7. The second-order valence-electron chi connectivity index (χ2n) is 5.19. The zero-order chi connectivity index (χ0) is 14.8. The Labute approximate surface area is 123 Å². The Hall–Kier alpha value is -1.34. The van der Waals surface area contributed by atoms with Crippen LogP contribution in [-0.4, -0.2) is 55.2 Å². The van der Waals surface area contributed by atoms with Crippen LogP contribution in [0.1, 0.15) is 24.5 Å². The van der Waals surface area contributed by atoms with Gasteiger partial charge in [-0.3, -0.25) is 4.90 Å². The van der Waals surface area contributed by atoms with E-state index in [1.165, 1.54) is 12.0 Å². The molecule has 0 atom stereocenters. The molecule has 1 aromatic carbocycles. The van der Waals surface area contributed by atoms with Gasteiger partial charge in [-0.25, -0.2) is 0 Å². The highest BCUT2D eigenvalue weighted by Gasteiger charge is 2.04. The van der Waals surface area contributed by atoms with Gasteiger partial charge in [0.1, 0.15) is 6.61 Å². The molecule has 0 fully saturated rings. The van der Waals surface area contributed by atoms with E-state index in [9.17, 15) is 0 Å². The highest BCUT2D eigenvalue weighted by molar-refractivity contribution is 5.37. The highest BCUT2D eigenvalue weighted by Crippen LogP contribution is 2.08. The van der Waals surface area contributed by atoms with Crippen molar-refractivity contribution in [2.75, 3.05) is 40.3 Å². The summed E-state index contributed by atoms with van der Waals surface area (Å²) in [4.78, 5) is 4.67. The van der Waals surface area contributed by atoms with E-state index in [4.69, 9.17) is 5.11 Å². The van der Waals surface area contributed by atoms with E-state index in [-0.39, 0.29) is 6.61 Å². The third kappa shape index (κ3) is 6.72. The largest absolute Gasteiger partial charge is 0.384 e.